The van der Waals surface area contributed by atoms with E-state index in [9.17, 15) is 15.0 Å². The molecular weight excluding hydrogens is 190 g/mol. The first-order valence-corrected chi connectivity index (χ1v) is 4.16. The summed E-state index contributed by atoms with van der Waals surface area (Å²) in [6, 6.07) is 0. The lowest BCUT2D eigenvalue weighted by molar-refractivity contribution is -0.127. The zero-order chi connectivity index (χ0) is 10.7. The van der Waals surface area contributed by atoms with Crippen molar-refractivity contribution in [3.63, 3.8) is 0 Å². The highest BCUT2D eigenvalue weighted by Crippen LogP contribution is 2.18. The molecule has 1 aliphatic rings. The number of carbonyl (C=O) groups excluding carboxylic acids is 1. The highest BCUT2D eigenvalue weighted by Gasteiger charge is 2.30. The van der Waals surface area contributed by atoms with Crippen molar-refractivity contribution in [3.8, 4) is 0 Å². The second-order valence-corrected chi connectivity index (χ2v) is 3.01. The van der Waals surface area contributed by atoms with E-state index in [1.165, 1.54) is 13.0 Å². The molecule has 0 aromatic heterocycles. The molecule has 1 rings (SSSR count). The van der Waals surface area contributed by atoms with Crippen LogP contribution in [0.15, 0.2) is 11.8 Å². The molecule has 6 heteroatoms. The molecule has 3 unspecified atom stereocenters. The molecule has 0 saturated heterocycles. The van der Waals surface area contributed by atoms with E-state index in [4.69, 9.17) is 9.84 Å². The largest absolute Gasteiger partial charge is 0.394 e. The van der Waals surface area contributed by atoms with Gasteiger partial charge in [-0.05, 0) is 6.08 Å². The molecule has 6 nitrogen and oxygen atoms in total. The number of rotatable bonds is 3. The Morgan fingerprint density at radius 3 is 2.93 bits per heavy atom. The molecule has 0 fully saturated rings. The third-order valence-corrected chi connectivity index (χ3v) is 1.78. The minimum atomic E-state index is -1.26. The number of amides is 1. The van der Waals surface area contributed by atoms with Gasteiger partial charge in [0, 0.05) is 6.92 Å². The van der Waals surface area contributed by atoms with Gasteiger partial charge in [0.05, 0.1) is 12.3 Å². The summed E-state index contributed by atoms with van der Waals surface area (Å²) >= 11 is 0. The Morgan fingerprint density at radius 1 is 1.79 bits per heavy atom. The van der Waals surface area contributed by atoms with E-state index < -0.39 is 25.1 Å². The second-order valence-electron chi connectivity index (χ2n) is 3.01. The van der Waals surface area contributed by atoms with Crippen molar-refractivity contribution in [3.05, 3.63) is 11.8 Å². The van der Waals surface area contributed by atoms with Crippen LogP contribution in [-0.2, 0) is 9.53 Å². The number of hydrogen-bond acceptors (Lipinski definition) is 5. The molecule has 0 aromatic carbocycles. The smallest absolute Gasteiger partial charge is 0.221 e. The molecule has 0 bridgehead atoms. The molecule has 0 aromatic rings. The van der Waals surface area contributed by atoms with Crippen molar-refractivity contribution in [2.75, 3.05) is 6.61 Å². The van der Waals surface area contributed by atoms with Gasteiger partial charge in [0.15, 0.2) is 6.29 Å². The minimum Gasteiger partial charge on any atom is -0.394 e. The fourth-order valence-corrected chi connectivity index (χ4v) is 1.13. The van der Waals surface area contributed by atoms with Gasteiger partial charge in [0.1, 0.15) is 12.2 Å². The van der Waals surface area contributed by atoms with Crippen LogP contribution in [0, 0.1) is 0 Å². The molecule has 3 atom stereocenters. The van der Waals surface area contributed by atoms with Crippen molar-refractivity contribution in [2.45, 2.75) is 25.4 Å². The molecule has 4 N–H and O–H groups in total. The van der Waals surface area contributed by atoms with Gasteiger partial charge >= 0.3 is 0 Å². The maximum absolute atomic E-state index is 10.7. The van der Waals surface area contributed by atoms with Gasteiger partial charge in [0.2, 0.25) is 5.91 Å². The normalized spacial score (nSPS) is 28.4. The van der Waals surface area contributed by atoms with Crippen molar-refractivity contribution in [1.82, 2.24) is 5.32 Å². The molecule has 1 aliphatic heterocycles. The molecule has 0 aliphatic carbocycles. The first kappa shape index (κ1) is 11.1. The average Bonchev–Trinajstić information content (AvgIpc) is 2.46. The summed E-state index contributed by atoms with van der Waals surface area (Å²) in [4.78, 5) is 10.7. The van der Waals surface area contributed by atoms with Crippen LogP contribution < -0.4 is 5.32 Å². The Bertz CT molecular complexity index is 252. The summed E-state index contributed by atoms with van der Waals surface area (Å²) in [5.41, 5.74) is 0.190. The lowest BCUT2D eigenvalue weighted by Gasteiger charge is -2.14. The number of carbonyl (C=O) groups is 1. The van der Waals surface area contributed by atoms with Gasteiger partial charge in [0.25, 0.3) is 0 Å². The van der Waals surface area contributed by atoms with Crippen LogP contribution in [0.3, 0.4) is 0 Å². The standard InChI is InChI=1S/C8H13NO5/c1-4(11)9-5-2-7(6(12)3-10)14-8(5)13/h2,6-8,10,12-13H,3H2,1H3,(H,9,11). The quantitative estimate of drug-likeness (QED) is 0.428. The summed E-state index contributed by atoms with van der Waals surface area (Å²) in [5.74, 6) is -0.335. The number of nitrogens with one attached hydrogen (secondary N) is 1. The van der Waals surface area contributed by atoms with Crippen LogP contribution in [0.2, 0.25) is 0 Å². The van der Waals surface area contributed by atoms with E-state index in [1.54, 1.807) is 0 Å². The molecule has 80 valence electrons. The summed E-state index contributed by atoms with van der Waals surface area (Å²) < 4.78 is 4.87. The third kappa shape index (κ3) is 2.52. The maximum atomic E-state index is 10.7. The van der Waals surface area contributed by atoms with Crippen LogP contribution in [-0.4, -0.2) is 46.3 Å². The zero-order valence-corrected chi connectivity index (χ0v) is 7.67. The molecule has 1 heterocycles. The predicted molar refractivity (Wildman–Crippen MR) is 45.9 cm³/mol. The third-order valence-electron chi connectivity index (χ3n) is 1.78. The highest BCUT2D eigenvalue weighted by atomic mass is 16.6. The summed E-state index contributed by atoms with van der Waals surface area (Å²) in [6.45, 7) is 0.824. The van der Waals surface area contributed by atoms with E-state index in [-0.39, 0.29) is 11.6 Å². The summed E-state index contributed by atoms with van der Waals surface area (Å²) in [5, 5.41) is 29.4. The van der Waals surface area contributed by atoms with Crippen molar-refractivity contribution in [1.29, 1.82) is 0 Å². The molecule has 0 spiro atoms. The van der Waals surface area contributed by atoms with Crippen molar-refractivity contribution >= 4 is 5.91 Å². The molecule has 0 saturated carbocycles. The van der Waals surface area contributed by atoms with Gasteiger partial charge in [-0.3, -0.25) is 4.79 Å². The van der Waals surface area contributed by atoms with E-state index in [0.29, 0.717) is 0 Å². The van der Waals surface area contributed by atoms with E-state index in [2.05, 4.69) is 5.32 Å². The Balaban J connectivity index is 2.62. The van der Waals surface area contributed by atoms with Gasteiger partial charge in [-0.2, -0.15) is 0 Å². The lowest BCUT2D eigenvalue weighted by Crippen LogP contribution is -2.30. The van der Waals surface area contributed by atoms with E-state index in [1.807, 2.05) is 0 Å². The lowest BCUT2D eigenvalue weighted by atomic mass is 10.2. The van der Waals surface area contributed by atoms with Gasteiger partial charge in [-0.1, -0.05) is 0 Å². The molecule has 14 heavy (non-hydrogen) atoms. The average molecular weight is 203 g/mol. The van der Waals surface area contributed by atoms with Gasteiger partial charge in [-0.25, -0.2) is 0 Å². The molecule has 0 radical (unpaired) electrons. The Labute approximate surface area is 80.8 Å². The maximum Gasteiger partial charge on any atom is 0.221 e. The highest BCUT2D eigenvalue weighted by molar-refractivity contribution is 5.75. The van der Waals surface area contributed by atoms with Crippen LogP contribution in [0.5, 0.6) is 0 Å². The summed E-state index contributed by atoms with van der Waals surface area (Å²) in [7, 11) is 0. The Kier molecular flexibility index (Phi) is 3.59. The minimum absolute atomic E-state index is 0.190. The number of ether oxygens (including phenoxy) is 1. The fraction of sp³-hybridized carbons (Fsp3) is 0.625. The van der Waals surface area contributed by atoms with Crippen LogP contribution in [0.4, 0.5) is 0 Å². The predicted octanol–water partition coefficient (Wildman–Crippen LogP) is -1.92. The Morgan fingerprint density at radius 2 is 2.43 bits per heavy atom. The number of hydrogen-bond donors (Lipinski definition) is 4. The SMILES string of the molecule is CC(=O)NC1=CC(C(O)CO)OC1O. The van der Waals surface area contributed by atoms with E-state index in [0.717, 1.165) is 0 Å². The van der Waals surface area contributed by atoms with Crippen LogP contribution in [0.25, 0.3) is 0 Å². The monoisotopic (exact) mass is 203 g/mol. The number of aliphatic hydroxyl groups is 3. The number of aliphatic hydroxyl groups excluding tert-OH is 3. The first-order chi connectivity index (χ1) is 6.54. The Hall–Kier alpha value is -0.950. The second kappa shape index (κ2) is 4.52. The van der Waals surface area contributed by atoms with Crippen molar-refractivity contribution in [2.24, 2.45) is 0 Å². The van der Waals surface area contributed by atoms with Gasteiger partial charge < -0.3 is 25.4 Å². The van der Waals surface area contributed by atoms with Gasteiger partial charge in [-0.15, -0.1) is 0 Å². The molecule has 1 amide bonds. The summed E-state index contributed by atoms with van der Waals surface area (Å²) in [6.07, 6.45) is -1.79. The topological polar surface area (TPSA) is 99.0 Å². The van der Waals surface area contributed by atoms with Crippen molar-refractivity contribution < 1.29 is 24.9 Å². The molecular formula is C8H13NO5. The van der Waals surface area contributed by atoms with Crippen LogP contribution >= 0.6 is 0 Å². The zero-order valence-electron chi connectivity index (χ0n) is 7.67. The van der Waals surface area contributed by atoms with Crippen LogP contribution in [0.1, 0.15) is 6.92 Å². The first-order valence-electron chi connectivity index (χ1n) is 4.16. The van der Waals surface area contributed by atoms with E-state index >= 15 is 0 Å². The fourth-order valence-electron chi connectivity index (χ4n) is 1.13.